The summed E-state index contributed by atoms with van der Waals surface area (Å²) in [6, 6.07) is 22.9. The second-order valence-electron chi connectivity index (χ2n) is 5.52. The zero-order valence-electron chi connectivity index (χ0n) is 12.5. The standard InChI is InChI=1S/C21H15NO/c23-13-5-8-15-6-1-3-9-18(15)20-14-17-12-11-16-7-2-4-10-19(16)21(17)22-20/h1-14,22H. The number of aromatic amines is 1. The summed E-state index contributed by atoms with van der Waals surface area (Å²) in [6.07, 6.45) is 4.17. The van der Waals surface area contributed by atoms with E-state index in [2.05, 4.69) is 53.5 Å². The maximum atomic E-state index is 10.6. The van der Waals surface area contributed by atoms with Crippen LogP contribution in [0.5, 0.6) is 0 Å². The van der Waals surface area contributed by atoms with Crippen LogP contribution in [0.3, 0.4) is 0 Å². The van der Waals surface area contributed by atoms with Crippen LogP contribution in [0.4, 0.5) is 0 Å². The summed E-state index contributed by atoms with van der Waals surface area (Å²) in [6.45, 7) is 0. The van der Waals surface area contributed by atoms with E-state index in [0.29, 0.717) is 0 Å². The fourth-order valence-corrected chi connectivity index (χ4v) is 3.05. The van der Waals surface area contributed by atoms with Crippen LogP contribution in [0.15, 0.2) is 72.8 Å². The monoisotopic (exact) mass is 297 g/mol. The maximum Gasteiger partial charge on any atom is 0.142 e. The van der Waals surface area contributed by atoms with Gasteiger partial charge in [-0.2, -0.15) is 0 Å². The van der Waals surface area contributed by atoms with E-state index >= 15 is 0 Å². The molecule has 0 saturated heterocycles. The van der Waals surface area contributed by atoms with Crippen molar-refractivity contribution in [1.82, 2.24) is 4.98 Å². The molecular formula is C21H15NO. The highest BCUT2D eigenvalue weighted by atomic mass is 16.1. The Morgan fingerprint density at radius 1 is 0.826 bits per heavy atom. The van der Waals surface area contributed by atoms with E-state index in [1.54, 1.807) is 0 Å². The first-order valence-electron chi connectivity index (χ1n) is 7.58. The smallest absolute Gasteiger partial charge is 0.142 e. The summed E-state index contributed by atoms with van der Waals surface area (Å²) < 4.78 is 0. The van der Waals surface area contributed by atoms with Gasteiger partial charge in [-0.1, -0.05) is 66.7 Å². The minimum atomic E-state index is 0.801. The molecule has 0 amide bonds. The Bertz CT molecular complexity index is 1040. The number of carbonyl (C=O) groups excluding carboxylic acids is 1. The zero-order valence-corrected chi connectivity index (χ0v) is 12.5. The molecule has 0 bridgehead atoms. The molecule has 0 unspecified atom stereocenters. The summed E-state index contributed by atoms with van der Waals surface area (Å²) >= 11 is 0. The first-order chi connectivity index (χ1) is 11.4. The lowest BCUT2D eigenvalue weighted by atomic mass is 10.0. The normalized spacial score (nSPS) is 11.5. The molecule has 1 N–H and O–H groups in total. The Kier molecular flexibility index (Phi) is 3.28. The van der Waals surface area contributed by atoms with E-state index in [-0.39, 0.29) is 0 Å². The molecule has 23 heavy (non-hydrogen) atoms. The molecule has 0 aliphatic heterocycles. The van der Waals surface area contributed by atoms with Gasteiger partial charge in [0.05, 0.1) is 5.52 Å². The van der Waals surface area contributed by atoms with Gasteiger partial charge >= 0.3 is 0 Å². The van der Waals surface area contributed by atoms with Crippen molar-refractivity contribution in [2.45, 2.75) is 0 Å². The highest BCUT2D eigenvalue weighted by molar-refractivity contribution is 6.07. The quantitative estimate of drug-likeness (QED) is 0.409. The Morgan fingerprint density at radius 2 is 1.61 bits per heavy atom. The lowest BCUT2D eigenvalue weighted by Gasteiger charge is -2.03. The predicted molar refractivity (Wildman–Crippen MR) is 96.3 cm³/mol. The molecule has 4 rings (SSSR count). The molecule has 0 radical (unpaired) electrons. The minimum absolute atomic E-state index is 0.801. The van der Waals surface area contributed by atoms with Gasteiger partial charge in [0.1, 0.15) is 6.29 Å². The van der Waals surface area contributed by atoms with Gasteiger partial charge in [0, 0.05) is 22.0 Å². The third-order valence-electron chi connectivity index (χ3n) is 4.13. The van der Waals surface area contributed by atoms with Crippen LogP contribution in [0.1, 0.15) is 5.56 Å². The first-order valence-corrected chi connectivity index (χ1v) is 7.58. The van der Waals surface area contributed by atoms with Crippen molar-refractivity contribution in [3.05, 3.63) is 78.4 Å². The van der Waals surface area contributed by atoms with Crippen molar-refractivity contribution in [2.75, 3.05) is 0 Å². The van der Waals surface area contributed by atoms with Gasteiger partial charge in [-0.25, -0.2) is 0 Å². The van der Waals surface area contributed by atoms with Crippen molar-refractivity contribution >= 4 is 34.0 Å². The minimum Gasteiger partial charge on any atom is -0.354 e. The number of H-pyrrole nitrogens is 1. The van der Waals surface area contributed by atoms with E-state index < -0.39 is 0 Å². The van der Waals surface area contributed by atoms with Gasteiger partial charge in [-0.3, -0.25) is 4.79 Å². The summed E-state index contributed by atoms with van der Waals surface area (Å²) in [5.74, 6) is 0. The van der Waals surface area contributed by atoms with Crippen LogP contribution >= 0.6 is 0 Å². The SMILES string of the molecule is O=CC=Cc1ccccc1-c1cc2ccc3ccccc3c2[nH]1. The van der Waals surface area contributed by atoms with E-state index in [1.807, 2.05) is 24.3 Å². The first kappa shape index (κ1) is 13.5. The van der Waals surface area contributed by atoms with Crippen molar-refractivity contribution < 1.29 is 4.79 Å². The van der Waals surface area contributed by atoms with Crippen LogP contribution in [0.25, 0.3) is 39.0 Å². The Morgan fingerprint density at radius 3 is 2.52 bits per heavy atom. The van der Waals surface area contributed by atoms with Crippen LogP contribution < -0.4 is 0 Å². The zero-order chi connectivity index (χ0) is 15.6. The summed E-state index contributed by atoms with van der Waals surface area (Å²) in [7, 11) is 0. The number of rotatable bonds is 3. The van der Waals surface area contributed by atoms with Gasteiger partial charge in [0.15, 0.2) is 0 Å². The molecule has 0 aliphatic rings. The van der Waals surface area contributed by atoms with Gasteiger partial charge in [-0.15, -0.1) is 0 Å². The summed E-state index contributed by atoms with van der Waals surface area (Å²) in [5.41, 5.74) is 4.32. The predicted octanol–water partition coefficient (Wildman–Crippen LogP) is 5.20. The maximum absolute atomic E-state index is 10.6. The molecular weight excluding hydrogens is 282 g/mol. The number of allylic oxidation sites excluding steroid dienone is 1. The highest BCUT2D eigenvalue weighted by Crippen LogP contribution is 2.31. The van der Waals surface area contributed by atoms with Crippen molar-refractivity contribution in [1.29, 1.82) is 0 Å². The lowest BCUT2D eigenvalue weighted by molar-refractivity contribution is -0.104. The summed E-state index contributed by atoms with van der Waals surface area (Å²) in [5, 5.41) is 3.63. The number of hydrogen-bond donors (Lipinski definition) is 1. The third-order valence-corrected chi connectivity index (χ3v) is 4.13. The molecule has 110 valence electrons. The lowest BCUT2D eigenvalue weighted by Crippen LogP contribution is -1.83. The number of aldehydes is 1. The molecule has 2 heteroatoms. The molecule has 4 aromatic rings. The van der Waals surface area contributed by atoms with E-state index in [4.69, 9.17) is 0 Å². The van der Waals surface area contributed by atoms with E-state index in [1.165, 1.54) is 22.2 Å². The average molecular weight is 297 g/mol. The highest BCUT2D eigenvalue weighted by Gasteiger charge is 2.08. The second kappa shape index (κ2) is 5.58. The van der Waals surface area contributed by atoms with Crippen LogP contribution in [-0.2, 0) is 4.79 Å². The molecule has 0 aliphatic carbocycles. The fraction of sp³-hybridized carbons (Fsp3) is 0. The van der Waals surface area contributed by atoms with Crippen LogP contribution in [0.2, 0.25) is 0 Å². The Balaban J connectivity index is 1.95. The van der Waals surface area contributed by atoms with E-state index in [0.717, 1.165) is 28.6 Å². The van der Waals surface area contributed by atoms with Crippen LogP contribution in [-0.4, -0.2) is 11.3 Å². The Hall–Kier alpha value is -3.13. The summed E-state index contributed by atoms with van der Waals surface area (Å²) in [4.78, 5) is 14.2. The molecule has 0 spiro atoms. The second-order valence-corrected chi connectivity index (χ2v) is 5.52. The van der Waals surface area contributed by atoms with Crippen molar-refractivity contribution in [2.24, 2.45) is 0 Å². The molecule has 0 fully saturated rings. The third kappa shape index (κ3) is 2.34. The number of fused-ring (bicyclic) bond motifs is 3. The fourth-order valence-electron chi connectivity index (χ4n) is 3.05. The number of hydrogen-bond acceptors (Lipinski definition) is 1. The average Bonchev–Trinajstić information content (AvgIpc) is 3.05. The largest absolute Gasteiger partial charge is 0.354 e. The van der Waals surface area contributed by atoms with Gasteiger partial charge in [-0.05, 0) is 23.1 Å². The molecule has 3 aromatic carbocycles. The molecule has 1 heterocycles. The van der Waals surface area contributed by atoms with Crippen LogP contribution in [0, 0.1) is 0 Å². The number of benzene rings is 3. The number of nitrogens with one attached hydrogen (secondary N) is 1. The van der Waals surface area contributed by atoms with Gasteiger partial charge < -0.3 is 4.98 Å². The molecule has 0 saturated carbocycles. The van der Waals surface area contributed by atoms with Crippen molar-refractivity contribution in [3.63, 3.8) is 0 Å². The number of carbonyl (C=O) groups is 1. The van der Waals surface area contributed by atoms with E-state index in [9.17, 15) is 4.79 Å². The van der Waals surface area contributed by atoms with Gasteiger partial charge in [0.2, 0.25) is 0 Å². The molecule has 0 atom stereocenters. The molecule has 1 aromatic heterocycles. The molecule has 2 nitrogen and oxygen atoms in total. The number of aromatic nitrogens is 1. The van der Waals surface area contributed by atoms with Crippen molar-refractivity contribution in [3.8, 4) is 11.3 Å². The van der Waals surface area contributed by atoms with Gasteiger partial charge in [0.25, 0.3) is 0 Å². The topological polar surface area (TPSA) is 32.9 Å². The Labute approximate surface area is 134 Å².